The van der Waals surface area contributed by atoms with Crippen LogP contribution >= 0.6 is 23.2 Å². The number of carbonyl (C=O) groups excluding carboxylic acids is 1. The van der Waals surface area contributed by atoms with Crippen molar-refractivity contribution in [2.45, 2.75) is 19.8 Å². The summed E-state index contributed by atoms with van der Waals surface area (Å²) >= 11 is 11.9. The number of amides is 1. The molecule has 0 atom stereocenters. The highest BCUT2D eigenvalue weighted by Gasteiger charge is 2.13. The van der Waals surface area contributed by atoms with Crippen LogP contribution in [0, 0.1) is 0 Å². The summed E-state index contributed by atoms with van der Waals surface area (Å²) in [6, 6.07) is 14.8. The number of nitrogens with zero attached hydrogens (tertiary/aromatic N) is 1. The second-order valence-corrected chi connectivity index (χ2v) is 5.84. The van der Waals surface area contributed by atoms with E-state index in [0.717, 1.165) is 5.69 Å². The molecule has 0 bridgehead atoms. The fourth-order valence-corrected chi connectivity index (χ4v) is 2.71. The summed E-state index contributed by atoms with van der Waals surface area (Å²) in [5.41, 5.74) is 0.918. The monoisotopic (exact) mass is 351 g/mol. The molecule has 0 radical (unpaired) electrons. The van der Waals surface area contributed by atoms with Gasteiger partial charge in [0.05, 0.1) is 11.6 Å². The highest BCUT2D eigenvalue weighted by atomic mass is 35.5. The van der Waals surface area contributed by atoms with Crippen molar-refractivity contribution in [2.24, 2.45) is 0 Å². The van der Waals surface area contributed by atoms with Crippen molar-refractivity contribution in [2.75, 3.05) is 18.1 Å². The third kappa shape index (κ3) is 5.15. The molecule has 0 aliphatic rings. The number of halogens is 2. The van der Waals surface area contributed by atoms with Gasteiger partial charge in [-0.15, -0.1) is 0 Å². The van der Waals surface area contributed by atoms with Gasteiger partial charge in [0.15, 0.2) is 0 Å². The topological polar surface area (TPSA) is 29.5 Å². The zero-order valence-electron chi connectivity index (χ0n) is 13.0. The van der Waals surface area contributed by atoms with E-state index < -0.39 is 0 Å². The summed E-state index contributed by atoms with van der Waals surface area (Å²) in [5.74, 6) is 0.670. The van der Waals surface area contributed by atoms with Gasteiger partial charge in [0.25, 0.3) is 0 Å². The van der Waals surface area contributed by atoms with E-state index in [1.165, 1.54) is 0 Å². The summed E-state index contributed by atoms with van der Waals surface area (Å²) in [6.45, 7) is 3.04. The zero-order chi connectivity index (χ0) is 16.7. The van der Waals surface area contributed by atoms with Crippen molar-refractivity contribution in [3.8, 4) is 5.75 Å². The van der Waals surface area contributed by atoms with E-state index >= 15 is 0 Å². The molecule has 0 saturated heterocycles. The summed E-state index contributed by atoms with van der Waals surface area (Å²) in [5, 5.41) is 1.04. The summed E-state index contributed by atoms with van der Waals surface area (Å²) in [6.07, 6.45) is 1.05. The first-order valence-corrected chi connectivity index (χ1v) is 8.30. The van der Waals surface area contributed by atoms with Crippen molar-refractivity contribution in [1.82, 2.24) is 0 Å². The highest BCUT2D eigenvalue weighted by molar-refractivity contribution is 6.35. The third-order valence-electron chi connectivity index (χ3n) is 3.37. The summed E-state index contributed by atoms with van der Waals surface area (Å²) in [4.78, 5) is 14.1. The van der Waals surface area contributed by atoms with Crippen LogP contribution in [0.2, 0.25) is 10.0 Å². The van der Waals surface area contributed by atoms with E-state index in [-0.39, 0.29) is 5.91 Å². The molecule has 0 aliphatic carbocycles. The Kier molecular flexibility index (Phi) is 6.75. The van der Waals surface area contributed by atoms with Crippen LogP contribution in [0.4, 0.5) is 5.69 Å². The molecule has 0 fully saturated rings. The van der Waals surface area contributed by atoms with Gasteiger partial charge in [-0.1, -0.05) is 41.4 Å². The van der Waals surface area contributed by atoms with Crippen LogP contribution in [0.15, 0.2) is 48.5 Å². The maximum absolute atomic E-state index is 12.3. The summed E-state index contributed by atoms with van der Waals surface area (Å²) in [7, 11) is 0. The Labute approximate surface area is 146 Å². The summed E-state index contributed by atoms with van der Waals surface area (Å²) < 4.78 is 5.60. The van der Waals surface area contributed by atoms with Crippen LogP contribution in [-0.4, -0.2) is 19.1 Å². The molecule has 1 amide bonds. The average Bonchev–Trinajstić information content (AvgIpc) is 2.55. The molecule has 5 heteroatoms. The van der Waals surface area contributed by atoms with E-state index in [1.807, 2.05) is 37.3 Å². The Hall–Kier alpha value is -1.71. The van der Waals surface area contributed by atoms with Crippen molar-refractivity contribution < 1.29 is 9.53 Å². The van der Waals surface area contributed by atoms with Crippen LogP contribution in [0.25, 0.3) is 0 Å². The molecule has 2 aromatic carbocycles. The smallest absolute Gasteiger partial charge is 0.227 e. The molecule has 0 aliphatic heterocycles. The van der Waals surface area contributed by atoms with Crippen molar-refractivity contribution in [1.29, 1.82) is 0 Å². The molecule has 2 aromatic rings. The minimum absolute atomic E-state index is 0.0875. The predicted molar refractivity (Wildman–Crippen MR) is 95.7 cm³/mol. The number of para-hydroxylation sites is 1. The largest absolute Gasteiger partial charge is 0.492 e. The lowest BCUT2D eigenvalue weighted by Gasteiger charge is -2.21. The maximum atomic E-state index is 12.3. The van der Waals surface area contributed by atoms with Crippen molar-refractivity contribution in [3.05, 3.63) is 58.6 Å². The van der Waals surface area contributed by atoms with E-state index in [0.29, 0.717) is 41.8 Å². The quantitative estimate of drug-likeness (QED) is 0.641. The SMILES string of the molecule is CCN(C(=O)CCCOc1ccc(Cl)cc1Cl)c1ccccc1. The molecule has 0 unspecified atom stereocenters. The second kappa shape index (κ2) is 8.80. The minimum Gasteiger partial charge on any atom is -0.492 e. The van der Waals surface area contributed by atoms with Crippen LogP contribution in [0.3, 0.4) is 0 Å². The Bertz CT molecular complexity index is 647. The van der Waals surface area contributed by atoms with E-state index in [9.17, 15) is 4.79 Å². The molecular weight excluding hydrogens is 333 g/mol. The van der Waals surface area contributed by atoms with E-state index in [4.69, 9.17) is 27.9 Å². The van der Waals surface area contributed by atoms with Gasteiger partial charge in [-0.05, 0) is 43.7 Å². The average molecular weight is 352 g/mol. The van der Waals surface area contributed by atoms with Gasteiger partial charge in [-0.2, -0.15) is 0 Å². The molecule has 0 saturated carbocycles. The van der Waals surface area contributed by atoms with Crippen LogP contribution in [-0.2, 0) is 4.79 Å². The Morgan fingerprint density at radius 2 is 1.87 bits per heavy atom. The highest BCUT2D eigenvalue weighted by Crippen LogP contribution is 2.27. The van der Waals surface area contributed by atoms with Gasteiger partial charge in [0, 0.05) is 23.7 Å². The number of anilines is 1. The molecule has 0 spiro atoms. The second-order valence-electron chi connectivity index (χ2n) is 5.00. The number of hydrogen-bond acceptors (Lipinski definition) is 2. The zero-order valence-corrected chi connectivity index (χ0v) is 14.5. The van der Waals surface area contributed by atoms with Crippen LogP contribution < -0.4 is 9.64 Å². The molecule has 122 valence electrons. The lowest BCUT2D eigenvalue weighted by Crippen LogP contribution is -2.30. The molecule has 0 heterocycles. The van der Waals surface area contributed by atoms with Gasteiger partial charge < -0.3 is 9.64 Å². The van der Waals surface area contributed by atoms with Crippen molar-refractivity contribution >= 4 is 34.8 Å². The van der Waals surface area contributed by atoms with Crippen molar-refractivity contribution in [3.63, 3.8) is 0 Å². The lowest BCUT2D eigenvalue weighted by molar-refractivity contribution is -0.118. The number of carbonyl (C=O) groups is 1. The fourth-order valence-electron chi connectivity index (χ4n) is 2.24. The minimum atomic E-state index is 0.0875. The first kappa shape index (κ1) is 17.6. The molecule has 0 aromatic heterocycles. The molecule has 23 heavy (non-hydrogen) atoms. The number of ether oxygens (including phenoxy) is 1. The molecule has 2 rings (SSSR count). The van der Waals surface area contributed by atoms with Gasteiger partial charge >= 0.3 is 0 Å². The number of benzene rings is 2. The standard InChI is InChI=1S/C18H19Cl2NO2/c1-2-21(15-7-4-3-5-8-15)18(22)9-6-12-23-17-11-10-14(19)13-16(17)20/h3-5,7-8,10-11,13H,2,6,9,12H2,1H3. The maximum Gasteiger partial charge on any atom is 0.227 e. The van der Waals surface area contributed by atoms with Gasteiger partial charge in [-0.3, -0.25) is 4.79 Å². The first-order chi connectivity index (χ1) is 11.1. The van der Waals surface area contributed by atoms with Crippen LogP contribution in [0.5, 0.6) is 5.75 Å². The van der Waals surface area contributed by atoms with E-state index in [2.05, 4.69) is 0 Å². The lowest BCUT2D eigenvalue weighted by atomic mass is 10.2. The van der Waals surface area contributed by atoms with Crippen LogP contribution in [0.1, 0.15) is 19.8 Å². The Balaban J connectivity index is 1.82. The van der Waals surface area contributed by atoms with E-state index in [1.54, 1.807) is 23.1 Å². The van der Waals surface area contributed by atoms with Gasteiger partial charge in [-0.25, -0.2) is 0 Å². The fraction of sp³-hybridized carbons (Fsp3) is 0.278. The van der Waals surface area contributed by atoms with Gasteiger partial charge in [0.1, 0.15) is 5.75 Å². The number of rotatable bonds is 7. The third-order valence-corrected chi connectivity index (χ3v) is 3.90. The molecule has 3 nitrogen and oxygen atoms in total. The molecular formula is C18H19Cl2NO2. The predicted octanol–water partition coefficient (Wildman–Crippen LogP) is 5.21. The first-order valence-electron chi connectivity index (χ1n) is 7.55. The molecule has 0 N–H and O–H groups in total. The number of hydrogen-bond donors (Lipinski definition) is 0. The van der Waals surface area contributed by atoms with Gasteiger partial charge in [0.2, 0.25) is 5.91 Å². The normalized spacial score (nSPS) is 10.4. The Morgan fingerprint density at radius 3 is 2.52 bits per heavy atom. The Morgan fingerprint density at radius 1 is 1.13 bits per heavy atom.